The van der Waals surface area contributed by atoms with Crippen LogP contribution < -0.4 is 11.1 Å². The standard InChI is InChI=1S/C16H22N2O6/c1-15(2,3)24-14(22)18-10-16(17,12(19)20)13(21)23-9-11-7-5-4-6-8-11/h4-8H,9-10,17H2,1-3H3,(H,18,22)(H,19,20)/t16-/m0/s1. The highest BCUT2D eigenvalue weighted by molar-refractivity contribution is 6.04. The van der Waals surface area contributed by atoms with Crippen molar-refractivity contribution in [1.29, 1.82) is 0 Å². The van der Waals surface area contributed by atoms with Gasteiger partial charge in [0, 0.05) is 0 Å². The average molecular weight is 338 g/mol. The van der Waals surface area contributed by atoms with Gasteiger partial charge in [-0.15, -0.1) is 0 Å². The molecular weight excluding hydrogens is 316 g/mol. The lowest BCUT2D eigenvalue weighted by Gasteiger charge is -2.25. The third kappa shape index (κ3) is 5.88. The number of carboxylic acid groups (broad SMARTS) is 1. The van der Waals surface area contributed by atoms with Gasteiger partial charge in [0.2, 0.25) is 5.54 Å². The van der Waals surface area contributed by atoms with E-state index >= 15 is 0 Å². The summed E-state index contributed by atoms with van der Waals surface area (Å²) < 4.78 is 9.92. The van der Waals surface area contributed by atoms with Gasteiger partial charge in [-0.25, -0.2) is 14.4 Å². The molecule has 1 aromatic rings. The molecule has 8 heteroatoms. The first-order valence-corrected chi connectivity index (χ1v) is 7.25. The van der Waals surface area contributed by atoms with Crippen molar-refractivity contribution >= 4 is 18.0 Å². The van der Waals surface area contributed by atoms with Gasteiger partial charge in [0.15, 0.2) is 0 Å². The molecule has 1 amide bonds. The van der Waals surface area contributed by atoms with Gasteiger partial charge in [0.1, 0.15) is 12.2 Å². The normalized spacial score (nSPS) is 13.5. The van der Waals surface area contributed by atoms with Crippen molar-refractivity contribution in [2.24, 2.45) is 5.73 Å². The minimum atomic E-state index is -2.41. The summed E-state index contributed by atoms with van der Waals surface area (Å²) in [6.45, 7) is 4.15. The number of carbonyl (C=O) groups is 3. The van der Waals surface area contributed by atoms with Crippen LogP contribution in [0.5, 0.6) is 0 Å². The topological polar surface area (TPSA) is 128 Å². The summed E-state index contributed by atoms with van der Waals surface area (Å²) in [6.07, 6.45) is -0.880. The van der Waals surface area contributed by atoms with Crippen molar-refractivity contribution in [1.82, 2.24) is 5.32 Å². The monoisotopic (exact) mass is 338 g/mol. The Labute approximate surface area is 139 Å². The molecule has 0 fully saturated rings. The van der Waals surface area contributed by atoms with Gasteiger partial charge in [-0.3, -0.25) is 0 Å². The minimum Gasteiger partial charge on any atom is -0.479 e. The molecule has 0 aliphatic heterocycles. The zero-order valence-corrected chi connectivity index (χ0v) is 13.9. The fraction of sp³-hybridized carbons (Fsp3) is 0.438. The Morgan fingerprint density at radius 1 is 1.17 bits per heavy atom. The van der Waals surface area contributed by atoms with Crippen LogP contribution in [0.15, 0.2) is 30.3 Å². The predicted octanol–water partition coefficient (Wildman–Crippen LogP) is 1.04. The highest BCUT2D eigenvalue weighted by Crippen LogP contribution is 2.09. The summed E-state index contributed by atoms with van der Waals surface area (Å²) in [6, 6.07) is 8.72. The average Bonchev–Trinajstić information content (AvgIpc) is 2.49. The van der Waals surface area contributed by atoms with Crippen LogP contribution in [0.1, 0.15) is 26.3 Å². The second-order valence-corrected chi connectivity index (χ2v) is 6.19. The zero-order chi connectivity index (χ0) is 18.4. The number of hydrogen-bond donors (Lipinski definition) is 3. The van der Waals surface area contributed by atoms with E-state index in [1.165, 1.54) is 0 Å². The van der Waals surface area contributed by atoms with Crippen molar-refractivity contribution in [2.45, 2.75) is 38.5 Å². The third-order valence-electron chi connectivity index (χ3n) is 2.87. The van der Waals surface area contributed by atoms with Crippen LogP contribution in [0.25, 0.3) is 0 Å². The van der Waals surface area contributed by atoms with E-state index in [0.29, 0.717) is 5.56 Å². The Morgan fingerprint density at radius 2 is 1.75 bits per heavy atom. The molecule has 24 heavy (non-hydrogen) atoms. The van der Waals surface area contributed by atoms with Crippen LogP contribution in [-0.4, -0.2) is 40.8 Å². The number of ether oxygens (including phenoxy) is 2. The van der Waals surface area contributed by atoms with Gasteiger partial charge in [-0.05, 0) is 26.3 Å². The van der Waals surface area contributed by atoms with Crippen LogP contribution in [0.4, 0.5) is 4.79 Å². The molecule has 0 saturated heterocycles. The summed E-state index contributed by atoms with van der Waals surface area (Å²) in [4.78, 5) is 35.0. The molecule has 8 nitrogen and oxygen atoms in total. The summed E-state index contributed by atoms with van der Waals surface area (Å²) in [5, 5.41) is 11.4. The number of esters is 1. The van der Waals surface area contributed by atoms with Crippen LogP contribution in [0.2, 0.25) is 0 Å². The van der Waals surface area contributed by atoms with Crippen molar-refractivity contribution in [2.75, 3.05) is 6.54 Å². The van der Waals surface area contributed by atoms with Gasteiger partial charge >= 0.3 is 18.0 Å². The van der Waals surface area contributed by atoms with Gasteiger partial charge in [-0.1, -0.05) is 30.3 Å². The summed E-state index contributed by atoms with van der Waals surface area (Å²) >= 11 is 0. The smallest absolute Gasteiger partial charge is 0.407 e. The van der Waals surface area contributed by atoms with Crippen molar-refractivity contribution in [3.63, 3.8) is 0 Å². The predicted molar refractivity (Wildman–Crippen MR) is 85.0 cm³/mol. The molecule has 4 N–H and O–H groups in total. The van der Waals surface area contributed by atoms with E-state index in [0.717, 1.165) is 0 Å². The number of rotatable bonds is 6. The number of carboxylic acids is 1. The number of alkyl carbamates (subject to hydrolysis) is 1. The lowest BCUT2D eigenvalue weighted by molar-refractivity contribution is -0.161. The minimum absolute atomic E-state index is 0.127. The molecule has 1 aromatic carbocycles. The van der Waals surface area contributed by atoms with Gasteiger partial charge < -0.3 is 25.6 Å². The van der Waals surface area contributed by atoms with Crippen molar-refractivity contribution in [3.05, 3.63) is 35.9 Å². The molecule has 0 spiro atoms. The maximum Gasteiger partial charge on any atom is 0.407 e. The van der Waals surface area contributed by atoms with Crippen LogP contribution in [-0.2, 0) is 25.7 Å². The summed E-state index contributed by atoms with van der Waals surface area (Å²) in [7, 11) is 0. The Morgan fingerprint density at radius 3 is 2.25 bits per heavy atom. The highest BCUT2D eigenvalue weighted by atomic mass is 16.6. The Kier molecular flexibility index (Phi) is 6.30. The Balaban J connectivity index is 2.67. The lowest BCUT2D eigenvalue weighted by atomic mass is 10.0. The highest BCUT2D eigenvalue weighted by Gasteiger charge is 2.44. The molecule has 0 radical (unpaired) electrons. The number of nitrogens with one attached hydrogen (secondary N) is 1. The van der Waals surface area contributed by atoms with Crippen molar-refractivity contribution in [3.8, 4) is 0 Å². The molecule has 0 aliphatic rings. The lowest BCUT2D eigenvalue weighted by Crippen LogP contribution is -2.62. The first kappa shape index (κ1) is 19.4. The van der Waals surface area contributed by atoms with E-state index in [4.69, 9.17) is 15.2 Å². The van der Waals surface area contributed by atoms with E-state index < -0.39 is 35.7 Å². The molecule has 1 rings (SSSR count). The van der Waals surface area contributed by atoms with Crippen molar-refractivity contribution < 1.29 is 29.0 Å². The maximum absolute atomic E-state index is 12.1. The number of carbonyl (C=O) groups excluding carboxylic acids is 2. The third-order valence-corrected chi connectivity index (χ3v) is 2.87. The number of benzene rings is 1. The largest absolute Gasteiger partial charge is 0.479 e. The molecule has 0 aromatic heterocycles. The molecule has 0 heterocycles. The molecule has 0 aliphatic carbocycles. The van der Waals surface area contributed by atoms with Gasteiger partial charge in [0.05, 0.1) is 6.54 Å². The van der Waals surface area contributed by atoms with Gasteiger partial charge in [0.25, 0.3) is 0 Å². The molecule has 1 atom stereocenters. The molecular formula is C16H22N2O6. The first-order chi connectivity index (χ1) is 11.0. The fourth-order valence-corrected chi connectivity index (χ4v) is 1.61. The van der Waals surface area contributed by atoms with E-state index in [9.17, 15) is 19.5 Å². The molecule has 0 saturated carbocycles. The van der Waals surface area contributed by atoms with E-state index in [2.05, 4.69) is 5.32 Å². The molecule has 0 unspecified atom stereocenters. The first-order valence-electron chi connectivity index (χ1n) is 7.25. The Bertz CT molecular complexity index is 596. The van der Waals surface area contributed by atoms with Crippen LogP contribution in [0, 0.1) is 0 Å². The quantitative estimate of drug-likeness (QED) is 0.522. The molecule has 132 valence electrons. The Hall–Kier alpha value is -2.61. The second kappa shape index (κ2) is 7.78. The van der Waals surface area contributed by atoms with Crippen LogP contribution in [0.3, 0.4) is 0 Å². The SMILES string of the molecule is CC(C)(C)OC(=O)NC[C@](N)(C(=O)O)C(=O)OCc1ccccc1. The fourth-order valence-electron chi connectivity index (χ4n) is 1.61. The number of nitrogens with two attached hydrogens (primary N) is 1. The number of amides is 1. The van der Waals surface area contributed by atoms with E-state index in [-0.39, 0.29) is 6.61 Å². The maximum atomic E-state index is 12.1. The molecule has 0 bridgehead atoms. The zero-order valence-electron chi connectivity index (χ0n) is 13.9. The second-order valence-electron chi connectivity index (χ2n) is 6.19. The van der Waals surface area contributed by atoms with Crippen LogP contribution >= 0.6 is 0 Å². The summed E-state index contributed by atoms with van der Waals surface area (Å²) in [5.41, 5.74) is 3.12. The van der Waals surface area contributed by atoms with E-state index in [1.807, 2.05) is 0 Å². The number of aliphatic carboxylic acids is 1. The van der Waals surface area contributed by atoms with E-state index in [1.54, 1.807) is 51.1 Å². The number of hydrogen-bond acceptors (Lipinski definition) is 6. The van der Waals surface area contributed by atoms with Gasteiger partial charge in [-0.2, -0.15) is 0 Å². The summed E-state index contributed by atoms with van der Waals surface area (Å²) in [5.74, 6) is -2.77.